The number of amides is 3. The van der Waals surface area contributed by atoms with Gasteiger partial charge in [-0.3, -0.25) is 19.3 Å². The number of rotatable bonds is 7. The monoisotopic (exact) mass is 362 g/mol. The molecule has 3 N–H and O–H groups in total. The van der Waals surface area contributed by atoms with Crippen molar-refractivity contribution in [2.24, 2.45) is 0 Å². The molecular weight excluding hydrogens is 332 g/mol. The van der Waals surface area contributed by atoms with Crippen molar-refractivity contribution in [3.8, 4) is 0 Å². The molecule has 1 aromatic rings. The standard InChI is InChI=1S/C19H30N4O3/c1-13-8-7-9-15(14(13)2)21-16(24)10-20-17(25)11-23(6)12-18(26)22-19(3,4)5/h7-9H,10-12H2,1-6H3,(H,20,25)(H,21,24)(H,22,26). The van der Waals surface area contributed by atoms with Crippen molar-refractivity contribution in [2.45, 2.75) is 40.2 Å². The maximum absolute atomic E-state index is 12.0. The van der Waals surface area contributed by atoms with Crippen LogP contribution in [-0.4, -0.2) is 54.8 Å². The predicted octanol–water partition coefficient (Wildman–Crippen LogP) is 1.20. The molecule has 0 saturated heterocycles. The maximum atomic E-state index is 12.0. The van der Waals surface area contributed by atoms with Gasteiger partial charge in [0.25, 0.3) is 0 Å². The van der Waals surface area contributed by atoms with Crippen LogP contribution in [0.4, 0.5) is 5.69 Å². The summed E-state index contributed by atoms with van der Waals surface area (Å²) in [5, 5.41) is 8.19. The van der Waals surface area contributed by atoms with Crippen molar-refractivity contribution in [2.75, 3.05) is 32.0 Å². The Bertz CT molecular complexity index is 665. The lowest BCUT2D eigenvalue weighted by molar-refractivity contribution is -0.126. The second kappa shape index (κ2) is 9.33. The van der Waals surface area contributed by atoms with Gasteiger partial charge in [0.15, 0.2) is 0 Å². The summed E-state index contributed by atoms with van der Waals surface area (Å²) in [6.45, 7) is 9.62. The molecule has 0 saturated carbocycles. The van der Waals surface area contributed by atoms with Crippen LogP contribution in [0, 0.1) is 13.8 Å². The summed E-state index contributed by atoms with van der Waals surface area (Å²) < 4.78 is 0. The minimum atomic E-state index is -0.313. The zero-order valence-electron chi connectivity index (χ0n) is 16.5. The highest BCUT2D eigenvalue weighted by molar-refractivity contribution is 5.95. The Hall–Kier alpha value is -2.41. The van der Waals surface area contributed by atoms with Gasteiger partial charge in [-0.1, -0.05) is 12.1 Å². The number of nitrogens with one attached hydrogen (secondary N) is 3. The average molecular weight is 362 g/mol. The molecule has 0 atom stereocenters. The average Bonchev–Trinajstić information content (AvgIpc) is 2.47. The Labute approximate surface area is 155 Å². The van der Waals surface area contributed by atoms with Gasteiger partial charge in [-0.15, -0.1) is 0 Å². The molecule has 144 valence electrons. The summed E-state index contributed by atoms with van der Waals surface area (Å²) in [4.78, 5) is 37.4. The summed E-state index contributed by atoms with van der Waals surface area (Å²) >= 11 is 0. The van der Waals surface area contributed by atoms with E-state index in [1.165, 1.54) is 0 Å². The number of benzene rings is 1. The minimum absolute atomic E-state index is 0.0360. The highest BCUT2D eigenvalue weighted by Gasteiger charge is 2.16. The SMILES string of the molecule is Cc1cccc(NC(=O)CNC(=O)CN(C)CC(=O)NC(C)(C)C)c1C. The van der Waals surface area contributed by atoms with E-state index in [-0.39, 0.29) is 42.9 Å². The molecule has 7 nitrogen and oxygen atoms in total. The van der Waals surface area contributed by atoms with E-state index in [1.54, 1.807) is 11.9 Å². The molecule has 0 aliphatic heterocycles. The molecule has 0 fully saturated rings. The molecule has 0 aliphatic rings. The summed E-state index contributed by atoms with van der Waals surface area (Å²) in [6.07, 6.45) is 0. The fourth-order valence-corrected chi connectivity index (χ4v) is 2.32. The molecule has 0 unspecified atom stereocenters. The summed E-state index contributed by atoms with van der Waals surface area (Å²) in [6, 6.07) is 5.66. The first-order chi connectivity index (χ1) is 12.0. The number of hydrogen-bond acceptors (Lipinski definition) is 4. The van der Waals surface area contributed by atoms with E-state index < -0.39 is 0 Å². The number of hydrogen-bond donors (Lipinski definition) is 3. The topological polar surface area (TPSA) is 90.5 Å². The molecule has 1 aromatic carbocycles. The smallest absolute Gasteiger partial charge is 0.243 e. The Morgan fingerprint density at radius 1 is 1.00 bits per heavy atom. The molecule has 3 amide bonds. The normalized spacial score (nSPS) is 11.2. The fourth-order valence-electron chi connectivity index (χ4n) is 2.32. The zero-order valence-corrected chi connectivity index (χ0v) is 16.5. The summed E-state index contributed by atoms with van der Waals surface area (Å²) in [7, 11) is 1.68. The Morgan fingerprint density at radius 3 is 2.23 bits per heavy atom. The van der Waals surface area contributed by atoms with Gasteiger partial charge in [-0.05, 0) is 58.9 Å². The lowest BCUT2D eigenvalue weighted by Crippen LogP contribution is -2.47. The van der Waals surface area contributed by atoms with Crippen LogP contribution in [-0.2, 0) is 14.4 Å². The van der Waals surface area contributed by atoms with Gasteiger partial charge in [0.05, 0.1) is 19.6 Å². The van der Waals surface area contributed by atoms with Crippen molar-refractivity contribution < 1.29 is 14.4 Å². The van der Waals surface area contributed by atoms with Crippen LogP contribution in [0.3, 0.4) is 0 Å². The van der Waals surface area contributed by atoms with Crippen molar-refractivity contribution in [1.29, 1.82) is 0 Å². The van der Waals surface area contributed by atoms with Crippen LogP contribution >= 0.6 is 0 Å². The third-order valence-corrected chi connectivity index (χ3v) is 3.67. The molecule has 0 radical (unpaired) electrons. The fraction of sp³-hybridized carbons (Fsp3) is 0.526. The van der Waals surface area contributed by atoms with E-state index >= 15 is 0 Å². The van der Waals surface area contributed by atoms with Gasteiger partial charge in [0.1, 0.15) is 0 Å². The van der Waals surface area contributed by atoms with Gasteiger partial charge in [-0.2, -0.15) is 0 Å². The quantitative estimate of drug-likeness (QED) is 0.680. The van der Waals surface area contributed by atoms with Gasteiger partial charge >= 0.3 is 0 Å². The number of aryl methyl sites for hydroxylation is 1. The number of nitrogens with zero attached hydrogens (tertiary/aromatic N) is 1. The molecule has 26 heavy (non-hydrogen) atoms. The van der Waals surface area contributed by atoms with E-state index in [2.05, 4.69) is 16.0 Å². The van der Waals surface area contributed by atoms with E-state index in [4.69, 9.17) is 0 Å². The third-order valence-electron chi connectivity index (χ3n) is 3.67. The molecule has 0 heterocycles. The van der Waals surface area contributed by atoms with Crippen LogP contribution in [0.15, 0.2) is 18.2 Å². The lowest BCUT2D eigenvalue weighted by atomic mass is 10.1. The first kappa shape index (κ1) is 21.6. The largest absolute Gasteiger partial charge is 0.350 e. The number of carbonyl (C=O) groups excluding carboxylic acids is 3. The molecule has 1 rings (SSSR count). The van der Waals surface area contributed by atoms with E-state index in [9.17, 15) is 14.4 Å². The maximum Gasteiger partial charge on any atom is 0.243 e. The van der Waals surface area contributed by atoms with Crippen LogP contribution in [0.25, 0.3) is 0 Å². The van der Waals surface area contributed by atoms with E-state index in [1.807, 2.05) is 52.8 Å². The van der Waals surface area contributed by atoms with Crippen LogP contribution in [0.5, 0.6) is 0 Å². The van der Waals surface area contributed by atoms with Crippen molar-refractivity contribution in [3.63, 3.8) is 0 Å². The first-order valence-corrected chi connectivity index (χ1v) is 8.60. The highest BCUT2D eigenvalue weighted by atomic mass is 16.2. The Morgan fingerprint density at radius 2 is 1.62 bits per heavy atom. The lowest BCUT2D eigenvalue weighted by Gasteiger charge is -2.23. The molecule has 0 aromatic heterocycles. The Kier molecular flexibility index (Phi) is 7.76. The van der Waals surface area contributed by atoms with Crippen LogP contribution < -0.4 is 16.0 Å². The Balaban J connectivity index is 2.38. The third kappa shape index (κ3) is 8.11. The van der Waals surface area contributed by atoms with Gasteiger partial charge < -0.3 is 16.0 Å². The first-order valence-electron chi connectivity index (χ1n) is 8.60. The van der Waals surface area contributed by atoms with Gasteiger partial charge in [0, 0.05) is 11.2 Å². The second-order valence-electron chi connectivity index (χ2n) is 7.54. The number of anilines is 1. The second-order valence-corrected chi connectivity index (χ2v) is 7.54. The predicted molar refractivity (Wildman–Crippen MR) is 103 cm³/mol. The van der Waals surface area contributed by atoms with Crippen molar-refractivity contribution in [1.82, 2.24) is 15.5 Å². The molecule has 0 bridgehead atoms. The highest BCUT2D eigenvalue weighted by Crippen LogP contribution is 2.17. The number of carbonyl (C=O) groups is 3. The van der Waals surface area contributed by atoms with E-state index in [0.717, 1.165) is 16.8 Å². The summed E-state index contributed by atoms with van der Waals surface area (Å²) in [5.74, 6) is -0.757. The van der Waals surface area contributed by atoms with Gasteiger partial charge in [-0.25, -0.2) is 0 Å². The number of likely N-dealkylation sites (N-methyl/N-ethyl adjacent to an activating group) is 1. The van der Waals surface area contributed by atoms with Crippen LogP contribution in [0.1, 0.15) is 31.9 Å². The van der Waals surface area contributed by atoms with Crippen molar-refractivity contribution in [3.05, 3.63) is 29.3 Å². The van der Waals surface area contributed by atoms with Crippen molar-refractivity contribution >= 4 is 23.4 Å². The molecule has 0 aliphatic carbocycles. The van der Waals surface area contributed by atoms with E-state index in [0.29, 0.717) is 0 Å². The minimum Gasteiger partial charge on any atom is -0.350 e. The summed E-state index contributed by atoms with van der Waals surface area (Å²) in [5.41, 5.74) is 2.51. The molecule has 0 spiro atoms. The molecule has 7 heteroatoms. The molecular formula is C19H30N4O3. The van der Waals surface area contributed by atoms with Gasteiger partial charge in [0.2, 0.25) is 17.7 Å². The van der Waals surface area contributed by atoms with Crippen LogP contribution in [0.2, 0.25) is 0 Å². The zero-order chi connectivity index (χ0) is 19.9.